The molecule has 0 unspecified atom stereocenters. The Bertz CT molecular complexity index is 1720. The number of aromatic nitrogens is 2. The number of carbonyl (C=O) groups excluding carboxylic acids is 1. The number of fused-ring (bicyclic) bond motifs is 1. The molecule has 4 heterocycles. The van der Waals surface area contributed by atoms with Gasteiger partial charge >= 0.3 is 0 Å². The second-order valence-corrected chi connectivity index (χ2v) is 14.4. The number of hydrogen-bond donors (Lipinski definition) is 2. The van der Waals surface area contributed by atoms with Gasteiger partial charge in [0.2, 0.25) is 5.91 Å². The summed E-state index contributed by atoms with van der Waals surface area (Å²) in [5, 5.41) is 0.177. The van der Waals surface area contributed by atoms with Crippen LogP contribution in [0.15, 0.2) is 53.5 Å². The Morgan fingerprint density at radius 2 is 1.85 bits per heavy atom. The SMILES string of the molecule is C=CC(=O)N1C[C@H](C)N(C2=NS(O)(O)N(c3c(C)cc(CN(C)C)nc3C(C)C)c3nc(-c4ccccc4F)c(Cl)cc32)C[C@H]1C. The van der Waals surface area contributed by atoms with E-state index < -0.39 is 16.8 Å². The summed E-state index contributed by atoms with van der Waals surface area (Å²) in [4.78, 5) is 28.1. The molecule has 2 aromatic heterocycles. The average molecular weight is 670 g/mol. The topological polar surface area (TPSA) is 109 Å². The first-order valence-corrected chi connectivity index (χ1v) is 17.0. The molecule has 1 aromatic carbocycles. The van der Waals surface area contributed by atoms with Crippen LogP contribution in [0.2, 0.25) is 5.02 Å². The fourth-order valence-corrected chi connectivity index (χ4v) is 7.70. The van der Waals surface area contributed by atoms with Crippen molar-refractivity contribution in [1.29, 1.82) is 0 Å². The van der Waals surface area contributed by atoms with Gasteiger partial charge in [-0.3, -0.25) is 18.9 Å². The molecule has 246 valence electrons. The van der Waals surface area contributed by atoms with Crippen LogP contribution in [-0.2, 0) is 11.3 Å². The van der Waals surface area contributed by atoms with Gasteiger partial charge in [-0.15, -0.1) is 4.40 Å². The zero-order valence-electron chi connectivity index (χ0n) is 27.2. The molecular formula is C33H41ClFN7O3S. The lowest BCUT2D eigenvalue weighted by atomic mass is 10.0. The van der Waals surface area contributed by atoms with Gasteiger partial charge in [-0.25, -0.2) is 9.37 Å². The maximum Gasteiger partial charge on any atom is 0.246 e. The molecule has 2 atom stereocenters. The largest absolute Gasteiger partial charge is 0.348 e. The molecule has 1 amide bonds. The van der Waals surface area contributed by atoms with Crippen LogP contribution in [0.5, 0.6) is 0 Å². The molecule has 1 saturated heterocycles. The van der Waals surface area contributed by atoms with Crippen LogP contribution in [0, 0.1) is 12.7 Å². The lowest BCUT2D eigenvalue weighted by Crippen LogP contribution is -2.59. The van der Waals surface area contributed by atoms with E-state index in [4.69, 9.17) is 21.6 Å². The highest BCUT2D eigenvalue weighted by molar-refractivity contribution is 8.24. The van der Waals surface area contributed by atoms with Gasteiger partial charge in [0, 0.05) is 37.3 Å². The fraction of sp³-hybridized carbons (Fsp3) is 0.394. The van der Waals surface area contributed by atoms with Crippen molar-refractivity contribution in [2.75, 3.05) is 31.5 Å². The van der Waals surface area contributed by atoms with Gasteiger partial charge in [-0.1, -0.05) is 44.2 Å². The number of aryl methyl sites for hydroxylation is 1. The number of halogens is 2. The van der Waals surface area contributed by atoms with Crippen molar-refractivity contribution in [2.45, 2.75) is 59.2 Å². The van der Waals surface area contributed by atoms with E-state index >= 15 is 4.39 Å². The molecule has 10 nitrogen and oxygen atoms in total. The monoisotopic (exact) mass is 669 g/mol. The van der Waals surface area contributed by atoms with E-state index in [1.54, 1.807) is 29.2 Å². The van der Waals surface area contributed by atoms with E-state index in [1.165, 1.54) is 16.4 Å². The fourth-order valence-electron chi connectivity index (χ4n) is 6.08. The zero-order valence-corrected chi connectivity index (χ0v) is 28.8. The molecule has 0 saturated carbocycles. The van der Waals surface area contributed by atoms with Crippen molar-refractivity contribution in [1.82, 2.24) is 24.7 Å². The van der Waals surface area contributed by atoms with Crippen LogP contribution in [0.3, 0.4) is 0 Å². The summed E-state index contributed by atoms with van der Waals surface area (Å²) in [7, 11) is -0.0493. The van der Waals surface area contributed by atoms with Gasteiger partial charge in [0.1, 0.15) is 5.82 Å². The molecule has 13 heteroatoms. The van der Waals surface area contributed by atoms with E-state index in [-0.39, 0.29) is 51.8 Å². The summed E-state index contributed by atoms with van der Waals surface area (Å²) in [6, 6.07) is 9.28. The van der Waals surface area contributed by atoms with Crippen molar-refractivity contribution in [3.05, 3.63) is 82.4 Å². The summed E-state index contributed by atoms with van der Waals surface area (Å²) in [5.74, 6) is -0.342. The average Bonchev–Trinajstić information content (AvgIpc) is 2.97. The third-order valence-electron chi connectivity index (χ3n) is 8.18. The maximum atomic E-state index is 15.1. The first-order valence-electron chi connectivity index (χ1n) is 15.1. The van der Waals surface area contributed by atoms with Crippen LogP contribution < -0.4 is 4.31 Å². The molecular weight excluding hydrogens is 629 g/mol. The van der Waals surface area contributed by atoms with Gasteiger partial charge in [0.15, 0.2) is 11.7 Å². The number of rotatable bonds is 6. The van der Waals surface area contributed by atoms with E-state index in [9.17, 15) is 13.9 Å². The lowest BCUT2D eigenvalue weighted by Gasteiger charge is -2.49. The van der Waals surface area contributed by atoms with Crippen molar-refractivity contribution in [2.24, 2.45) is 4.40 Å². The smallest absolute Gasteiger partial charge is 0.246 e. The first-order chi connectivity index (χ1) is 21.6. The number of benzene rings is 1. The Kier molecular flexibility index (Phi) is 9.49. The Balaban J connectivity index is 1.76. The van der Waals surface area contributed by atoms with Crippen molar-refractivity contribution in [3.8, 4) is 11.3 Å². The van der Waals surface area contributed by atoms with E-state index in [2.05, 4.69) is 11.0 Å². The molecule has 0 aliphatic carbocycles. The second-order valence-electron chi connectivity index (χ2n) is 12.5. The van der Waals surface area contributed by atoms with Crippen LogP contribution in [-0.4, -0.2) is 84.8 Å². The first kappa shape index (κ1) is 33.8. The van der Waals surface area contributed by atoms with Crippen molar-refractivity contribution in [3.63, 3.8) is 0 Å². The highest BCUT2D eigenvalue weighted by atomic mass is 35.5. The summed E-state index contributed by atoms with van der Waals surface area (Å²) >= 11 is 6.85. The summed E-state index contributed by atoms with van der Waals surface area (Å²) < 4.78 is 45.1. The Labute approximate surface area is 276 Å². The summed E-state index contributed by atoms with van der Waals surface area (Å²) in [6.07, 6.45) is 1.29. The van der Waals surface area contributed by atoms with Crippen molar-refractivity contribution < 1.29 is 18.3 Å². The van der Waals surface area contributed by atoms with Gasteiger partial charge in [-0.2, -0.15) is 4.31 Å². The van der Waals surface area contributed by atoms with Gasteiger partial charge in [0.25, 0.3) is 0 Å². The standard InChI is InChI=1S/C33H41ClFN7O3S/c1-9-28(43)40-16-22(6)41(17-21(40)5)33-25-15-26(34)30(24-12-10-11-13-27(24)35)37-32(25)42(46(44,45)38-33)31-20(4)14-23(18-39(7)8)36-29(31)19(2)3/h9-15,19,21-22,44-45H,1,16-18H2,2-8H3/t21-,22+/m1/s1. The van der Waals surface area contributed by atoms with Crippen LogP contribution in [0.4, 0.5) is 15.9 Å². The number of nitrogens with zero attached hydrogens (tertiary/aromatic N) is 7. The summed E-state index contributed by atoms with van der Waals surface area (Å²) in [6.45, 7) is 14.7. The normalized spacial score (nSPS) is 20.1. The quantitative estimate of drug-likeness (QED) is 0.270. The third-order valence-corrected chi connectivity index (χ3v) is 9.73. The molecule has 46 heavy (non-hydrogen) atoms. The number of amidine groups is 1. The number of pyridine rings is 2. The van der Waals surface area contributed by atoms with E-state index in [0.29, 0.717) is 36.6 Å². The molecule has 1 fully saturated rings. The van der Waals surface area contributed by atoms with Crippen LogP contribution in [0.1, 0.15) is 56.1 Å². The van der Waals surface area contributed by atoms with E-state index in [0.717, 1.165) is 11.3 Å². The van der Waals surface area contributed by atoms with Crippen LogP contribution in [0.25, 0.3) is 11.3 Å². The predicted octanol–water partition coefficient (Wildman–Crippen LogP) is 7.02. The molecule has 0 spiro atoms. The lowest BCUT2D eigenvalue weighted by molar-refractivity contribution is -0.130. The maximum absolute atomic E-state index is 15.1. The molecule has 0 radical (unpaired) electrons. The number of hydrogen-bond acceptors (Lipinski definition) is 9. The van der Waals surface area contributed by atoms with Gasteiger partial charge < -0.3 is 14.7 Å². The van der Waals surface area contributed by atoms with Crippen molar-refractivity contribution >= 4 is 45.8 Å². The third kappa shape index (κ3) is 6.24. The Morgan fingerprint density at radius 1 is 1.15 bits per heavy atom. The predicted molar refractivity (Wildman–Crippen MR) is 184 cm³/mol. The minimum Gasteiger partial charge on any atom is -0.348 e. The highest BCUT2D eigenvalue weighted by Crippen LogP contribution is 2.59. The minimum atomic E-state index is -3.97. The summed E-state index contributed by atoms with van der Waals surface area (Å²) in [5.41, 5.74) is 3.48. The van der Waals surface area contributed by atoms with Gasteiger partial charge in [0.05, 0.1) is 33.4 Å². The highest BCUT2D eigenvalue weighted by Gasteiger charge is 2.43. The Morgan fingerprint density at radius 3 is 2.48 bits per heavy atom. The van der Waals surface area contributed by atoms with E-state index in [1.807, 2.05) is 64.6 Å². The minimum absolute atomic E-state index is 0.102. The molecule has 3 aromatic rings. The number of carbonyl (C=O) groups is 1. The molecule has 2 N–H and O–H groups in total. The molecule has 0 bridgehead atoms. The number of piperazine rings is 1. The second kappa shape index (κ2) is 12.9. The molecule has 5 rings (SSSR count). The number of anilines is 2. The van der Waals surface area contributed by atoms with Crippen LogP contribution >= 0.6 is 22.6 Å². The molecule has 2 aliphatic heterocycles. The Hall–Kier alpha value is -3.55. The molecule has 2 aliphatic rings. The zero-order chi connectivity index (χ0) is 33.7. The number of amides is 1. The van der Waals surface area contributed by atoms with Gasteiger partial charge in [-0.05, 0) is 87.7 Å².